The topological polar surface area (TPSA) is 70.4 Å². The summed E-state index contributed by atoms with van der Waals surface area (Å²) in [5.41, 5.74) is 2.57. The van der Waals surface area contributed by atoms with Crippen LogP contribution in [-0.4, -0.2) is 25.9 Å². The van der Waals surface area contributed by atoms with Crippen molar-refractivity contribution in [3.63, 3.8) is 0 Å². The smallest absolute Gasteiger partial charge is 0.243 e. The summed E-state index contributed by atoms with van der Waals surface area (Å²) in [7, 11) is -3.69. The van der Waals surface area contributed by atoms with Crippen molar-refractivity contribution >= 4 is 10.0 Å². The monoisotopic (exact) mass is 434 g/mol. The minimum Gasteiger partial charge on any atom is -0.494 e. The van der Waals surface area contributed by atoms with E-state index in [1.54, 1.807) is 48.5 Å². The standard InChI is InChI=1S/C25H26N2O3S/c1-2-30-24-14-16-25(17-15-24)31(28,29)27(18-6-9-21-7-4-3-5-8-21)20-23-12-10-22(19-26)11-13-23/h3-5,7-8,10-17H,2,6,9,18,20H2,1H3. The lowest BCUT2D eigenvalue weighted by Crippen LogP contribution is -2.32. The summed E-state index contributed by atoms with van der Waals surface area (Å²) in [5.74, 6) is 0.643. The van der Waals surface area contributed by atoms with Crippen molar-refractivity contribution in [3.05, 3.63) is 95.6 Å². The van der Waals surface area contributed by atoms with E-state index in [-0.39, 0.29) is 11.4 Å². The fourth-order valence-corrected chi connectivity index (χ4v) is 4.77. The lowest BCUT2D eigenvalue weighted by atomic mass is 10.1. The van der Waals surface area contributed by atoms with Crippen LogP contribution in [0.4, 0.5) is 0 Å². The number of nitriles is 1. The molecule has 0 aliphatic heterocycles. The molecule has 0 aliphatic carbocycles. The highest BCUT2D eigenvalue weighted by Gasteiger charge is 2.24. The molecular weight excluding hydrogens is 408 g/mol. The van der Waals surface area contributed by atoms with Crippen LogP contribution < -0.4 is 4.74 Å². The van der Waals surface area contributed by atoms with Gasteiger partial charge in [-0.1, -0.05) is 42.5 Å². The minimum atomic E-state index is -3.69. The van der Waals surface area contributed by atoms with Crippen LogP contribution in [0.25, 0.3) is 0 Å². The number of ether oxygens (including phenoxy) is 1. The lowest BCUT2D eigenvalue weighted by molar-refractivity contribution is 0.340. The molecule has 0 aliphatic rings. The molecule has 0 saturated carbocycles. The van der Waals surface area contributed by atoms with Crippen LogP contribution in [-0.2, 0) is 23.0 Å². The van der Waals surface area contributed by atoms with Gasteiger partial charge in [-0.05, 0) is 67.3 Å². The van der Waals surface area contributed by atoms with Gasteiger partial charge < -0.3 is 4.74 Å². The first kappa shape index (κ1) is 22.5. The molecule has 0 aromatic heterocycles. The first-order chi connectivity index (χ1) is 15.0. The van der Waals surface area contributed by atoms with Gasteiger partial charge in [0, 0.05) is 13.1 Å². The maximum Gasteiger partial charge on any atom is 0.243 e. The Kier molecular flexibility index (Phi) is 7.82. The molecular formula is C25H26N2O3S. The molecule has 0 unspecified atom stereocenters. The predicted molar refractivity (Wildman–Crippen MR) is 121 cm³/mol. The van der Waals surface area contributed by atoms with Gasteiger partial charge in [0.25, 0.3) is 0 Å². The molecule has 3 rings (SSSR count). The van der Waals surface area contributed by atoms with Crippen LogP contribution in [0.5, 0.6) is 5.75 Å². The molecule has 0 N–H and O–H groups in total. The van der Waals surface area contributed by atoms with Gasteiger partial charge in [-0.3, -0.25) is 0 Å². The lowest BCUT2D eigenvalue weighted by Gasteiger charge is -2.23. The first-order valence-corrected chi connectivity index (χ1v) is 11.7. The van der Waals surface area contributed by atoms with Crippen LogP contribution in [0, 0.1) is 11.3 Å². The highest BCUT2D eigenvalue weighted by molar-refractivity contribution is 7.89. The van der Waals surface area contributed by atoms with E-state index in [2.05, 4.69) is 6.07 Å². The molecule has 6 heteroatoms. The Labute approximate surface area is 184 Å². The van der Waals surface area contributed by atoms with Crippen molar-refractivity contribution in [2.45, 2.75) is 31.2 Å². The quantitative estimate of drug-likeness (QED) is 0.460. The Morgan fingerprint density at radius 2 is 1.58 bits per heavy atom. The second kappa shape index (κ2) is 10.8. The van der Waals surface area contributed by atoms with Crippen molar-refractivity contribution < 1.29 is 13.2 Å². The predicted octanol–water partition coefficient (Wildman–Crippen LogP) is 4.78. The van der Waals surface area contributed by atoms with E-state index < -0.39 is 10.0 Å². The zero-order valence-electron chi connectivity index (χ0n) is 17.6. The van der Waals surface area contributed by atoms with E-state index >= 15 is 0 Å². The van der Waals surface area contributed by atoms with Crippen LogP contribution in [0.15, 0.2) is 83.8 Å². The Balaban J connectivity index is 1.80. The maximum atomic E-state index is 13.4. The molecule has 0 radical (unpaired) electrons. The van der Waals surface area contributed by atoms with E-state index in [4.69, 9.17) is 10.00 Å². The van der Waals surface area contributed by atoms with Crippen LogP contribution >= 0.6 is 0 Å². The van der Waals surface area contributed by atoms with Crippen molar-refractivity contribution in [1.82, 2.24) is 4.31 Å². The number of hydrogen-bond acceptors (Lipinski definition) is 4. The van der Waals surface area contributed by atoms with E-state index in [1.165, 1.54) is 9.87 Å². The summed E-state index contributed by atoms with van der Waals surface area (Å²) in [4.78, 5) is 0.240. The number of sulfonamides is 1. The van der Waals surface area contributed by atoms with E-state index in [1.807, 2.05) is 37.3 Å². The number of hydrogen-bond donors (Lipinski definition) is 0. The third-order valence-electron chi connectivity index (χ3n) is 4.93. The van der Waals surface area contributed by atoms with Gasteiger partial charge in [0.1, 0.15) is 5.75 Å². The van der Waals surface area contributed by atoms with Crippen LogP contribution in [0.3, 0.4) is 0 Å². The summed E-state index contributed by atoms with van der Waals surface area (Å²) in [6.45, 7) is 3.05. The number of nitrogens with zero attached hydrogens (tertiary/aromatic N) is 2. The maximum absolute atomic E-state index is 13.4. The highest BCUT2D eigenvalue weighted by Crippen LogP contribution is 2.22. The normalized spacial score (nSPS) is 11.3. The van der Waals surface area contributed by atoms with E-state index in [9.17, 15) is 8.42 Å². The second-order valence-corrected chi connectivity index (χ2v) is 9.08. The largest absolute Gasteiger partial charge is 0.494 e. The van der Waals surface area contributed by atoms with Gasteiger partial charge in [0.2, 0.25) is 10.0 Å². The van der Waals surface area contributed by atoms with Gasteiger partial charge >= 0.3 is 0 Å². The van der Waals surface area contributed by atoms with E-state index in [0.717, 1.165) is 12.0 Å². The molecule has 0 spiro atoms. The van der Waals surface area contributed by atoms with E-state index in [0.29, 0.717) is 30.9 Å². The number of rotatable bonds is 10. The molecule has 0 atom stereocenters. The van der Waals surface area contributed by atoms with Crippen molar-refractivity contribution in [3.8, 4) is 11.8 Å². The zero-order chi connectivity index (χ0) is 22.1. The fraction of sp³-hybridized carbons (Fsp3) is 0.240. The summed E-state index contributed by atoms with van der Waals surface area (Å²) in [6, 6.07) is 25.7. The molecule has 5 nitrogen and oxygen atoms in total. The third kappa shape index (κ3) is 6.17. The van der Waals surface area contributed by atoms with Gasteiger partial charge in [0.05, 0.1) is 23.1 Å². The minimum absolute atomic E-state index is 0.240. The Bertz CT molecular complexity index is 1100. The molecule has 0 amide bonds. The van der Waals surface area contributed by atoms with Crippen LogP contribution in [0.2, 0.25) is 0 Å². The molecule has 3 aromatic carbocycles. The van der Waals surface area contributed by atoms with Gasteiger partial charge in [-0.15, -0.1) is 0 Å². The van der Waals surface area contributed by atoms with Gasteiger partial charge in [-0.2, -0.15) is 9.57 Å². The number of aryl methyl sites for hydroxylation is 1. The van der Waals surface area contributed by atoms with Crippen molar-refractivity contribution in [2.75, 3.05) is 13.2 Å². The fourth-order valence-electron chi connectivity index (χ4n) is 3.30. The van der Waals surface area contributed by atoms with Gasteiger partial charge in [-0.25, -0.2) is 8.42 Å². The Morgan fingerprint density at radius 3 is 2.19 bits per heavy atom. The van der Waals surface area contributed by atoms with Crippen molar-refractivity contribution in [1.29, 1.82) is 5.26 Å². The summed E-state index contributed by atoms with van der Waals surface area (Å²) < 4.78 is 33.7. The highest BCUT2D eigenvalue weighted by atomic mass is 32.2. The second-order valence-electron chi connectivity index (χ2n) is 7.14. The SMILES string of the molecule is CCOc1ccc(S(=O)(=O)N(CCCc2ccccc2)Cc2ccc(C#N)cc2)cc1. The van der Waals surface area contributed by atoms with Crippen LogP contribution in [0.1, 0.15) is 30.0 Å². The molecule has 0 heterocycles. The molecule has 31 heavy (non-hydrogen) atoms. The Morgan fingerprint density at radius 1 is 0.903 bits per heavy atom. The molecule has 0 fully saturated rings. The summed E-state index contributed by atoms with van der Waals surface area (Å²) in [6.07, 6.45) is 1.50. The molecule has 3 aromatic rings. The van der Waals surface area contributed by atoms with Crippen molar-refractivity contribution in [2.24, 2.45) is 0 Å². The summed E-state index contributed by atoms with van der Waals surface area (Å²) in [5, 5.41) is 9.01. The van der Waals surface area contributed by atoms with Gasteiger partial charge in [0.15, 0.2) is 0 Å². The molecule has 0 bridgehead atoms. The average Bonchev–Trinajstić information content (AvgIpc) is 2.80. The third-order valence-corrected chi connectivity index (χ3v) is 6.79. The molecule has 0 saturated heterocycles. The Hall–Kier alpha value is -3.14. The summed E-state index contributed by atoms with van der Waals surface area (Å²) >= 11 is 0. The molecule has 160 valence electrons. The first-order valence-electron chi connectivity index (χ1n) is 10.3. The zero-order valence-corrected chi connectivity index (χ0v) is 18.4. The number of benzene rings is 3. The average molecular weight is 435 g/mol.